The molecule has 1 saturated carbocycles. The highest BCUT2D eigenvalue weighted by Gasteiger charge is 2.63. The number of hydrogen-bond donors (Lipinski definition) is 0. The molecule has 0 radical (unpaired) electrons. The number of aryl methyl sites for hydroxylation is 1. The minimum atomic E-state index is -0.451. The minimum Gasteiger partial charge on any atom is -0.444 e. The molecule has 146 valence electrons. The lowest BCUT2D eigenvalue weighted by molar-refractivity contribution is 0.00186. The van der Waals surface area contributed by atoms with Gasteiger partial charge in [0.1, 0.15) is 11.2 Å². The molecule has 3 aliphatic rings. The normalized spacial score (nSPS) is 31.2. The van der Waals surface area contributed by atoms with E-state index < -0.39 is 5.60 Å². The van der Waals surface area contributed by atoms with Crippen molar-refractivity contribution < 1.29 is 14.4 Å². The second-order valence-corrected chi connectivity index (χ2v) is 9.80. The molecular weight excluding hydrogens is 340 g/mol. The average molecular weight is 370 g/mol. The Bertz CT molecular complexity index is 781. The van der Waals surface area contributed by atoms with Crippen molar-refractivity contribution in [3.63, 3.8) is 0 Å². The molecule has 5 heteroatoms. The van der Waals surface area contributed by atoms with E-state index in [0.29, 0.717) is 17.8 Å². The fourth-order valence-corrected chi connectivity index (χ4v) is 4.75. The molecule has 1 aromatic carbocycles. The van der Waals surface area contributed by atoms with Crippen molar-refractivity contribution in [2.75, 3.05) is 13.1 Å². The van der Waals surface area contributed by atoms with Gasteiger partial charge in [-0.1, -0.05) is 35.0 Å². The quantitative estimate of drug-likeness (QED) is 0.777. The highest BCUT2D eigenvalue weighted by Crippen LogP contribution is 2.57. The van der Waals surface area contributed by atoms with Gasteiger partial charge in [-0.05, 0) is 58.9 Å². The van der Waals surface area contributed by atoms with Crippen LogP contribution in [0.3, 0.4) is 0 Å². The van der Waals surface area contributed by atoms with Gasteiger partial charge in [-0.3, -0.25) is 0 Å². The van der Waals surface area contributed by atoms with E-state index in [-0.39, 0.29) is 17.6 Å². The van der Waals surface area contributed by atoms with Crippen LogP contribution in [-0.4, -0.2) is 41.0 Å². The summed E-state index contributed by atoms with van der Waals surface area (Å²) < 4.78 is 5.52. The first kappa shape index (κ1) is 18.3. The molecule has 2 unspecified atom stereocenters. The Balaban J connectivity index is 1.47. The van der Waals surface area contributed by atoms with Crippen molar-refractivity contribution in [2.24, 2.45) is 22.9 Å². The number of rotatable bonds is 2. The fourth-order valence-electron chi connectivity index (χ4n) is 4.75. The zero-order valence-electron chi connectivity index (χ0n) is 17.2. The number of amides is 1. The summed E-state index contributed by atoms with van der Waals surface area (Å²) in [5, 5.41) is 4.53. The van der Waals surface area contributed by atoms with Crippen LogP contribution in [0.15, 0.2) is 29.4 Å². The van der Waals surface area contributed by atoms with Gasteiger partial charge in [0, 0.05) is 19.0 Å². The van der Waals surface area contributed by atoms with E-state index in [9.17, 15) is 4.79 Å². The summed E-state index contributed by atoms with van der Waals surface area (Å²) in [7, 11) is 0. The van der Waals surface area contributed by atoms with Gasteiger partial charge < -0.3 is 14.5 Å². The van der Waals surface area contributed by atoms with E-state index in [1.807, 2.05) is 25.7 Å². The van der Waals surface area contributed by atoms with Gasteiger partial charge in [0.05, 0.1) is 11.6 Å². The third-order valence-electron chi connectivity index (χ3n) is 5.94. The molecule has 0 bridgehead atoms. The third kappa shape index (κ3) is 3.32. The Labute approximate surface area is 161 Å². The summed E-state index contributed by atoms with van der Waals surface area (Å²) in [6, 6.07) is 8.64. The van der Waals surface area contributed by atoms with Crippen molar-refractivity contribution in [3.8, 4) is 0 Å². The SMILES string of the molecule is Cc1cccc(C2C(C3[C@H]4CN(C(=O)OC(C)(C)C)C[C@@H]34)=NOC2(C)C)c1. The van der Waals surface area contributed by atoms with E-state index in [1.165, 1.54) is 11.1 Å². The number of hydrogen-bond acceptors (Lipinski definition) is 4. The smallest absolute Gasteiger partial charge is 0.410 e. The van der Waals surface area contributed by atoms with Gasteiger partial charge in [0.2, 0.25) is 0 Å². The van der Waals surface area contributed by atoms with Crippen LogP contribution >= 0.6 is 0 Å². The van der Waals surface area contributed by atoms with Crippen LogP contribution in [0.4, 0.5) is 4.79 Å². The van der Waals surface area contributed by atoms with Crippen LogP contribution in [0.25, 0.3) is 0 Å². The van der Waals surface area contributed by atoms with Crippen LogP contribution in [0, 0.1) is 24.7 Å². The molecule has 1 aliphatic carbocycles. The first-order chi connectivity index (χ1) is 12.6. The Kier molecular flexibility index (Phi) is 4.06. The zero-order chi connectivity index (χ0) is 19.6. The summed E-state index contributed by atoms with van der Waals surface area (Å²) in [6.45, 7) is 13.6. The van der Waals surface area contributed by atoms with Gasteiger partial charge in [-0.25, -0.2) is 4.79 Å². The maximum absolute atomic E-state index is 12.3. The number of fused-ring (bicyclic) bond motifs is 1. The summed E-state index contributed by atoms with van der Waals surface area (Å²) in [5.41, 5.74) is 2.88. The molecule has 2 fully saturated rings. The Morgan fingerprint density at radius 3 is 2.52 bits per heavy atom. The molecule has 4 atom stereocenters. The van der Waals surface area contributed by atoms with E-state index in [2.05, 4.69) is 50.2 Å². The average Bonchev–Trinajstić information content (AvgIpc) is 2.88. The van der Waals surface area contributed by atoms with Crippen LogP contribution in [0.2, 0.25) is 0 Å². The molecule has 1 saturated heterocycles. The van der Waals surface area contributed by atoms with Crippen LogP contribution in [0.1, 0.15) is 51.7 Å². The van der Waals surface area contributed by atoms with Gasteiger partial charge in [0.25, 0.3) is 0 Å². The van der Waals surface area contributed by atoms with Crippen molar-refractivity contribution >= 4 is 11.8 Å². The van der Waals surface area contributed by atoms with E-state index >= 15 is 0 Å². The standard InChI is InChI=1S/C22H30N2O3/c1-13-8-7-9-14(10-13)18-19(23-27-22(18,5)6)17-15-11-24(12-16(15)17)20(25)26-21(2,3)4/h7-10,15-18H,11-12H2,1-6H3/t15-,16+,17?,18?. The Morgan fingerprint density at radius 2 is 1.93 bits per heavy atom. The van der Waals surface area contributed by atoms with Gasteiger partial charge in [-0.15, -0.1) is 0 Å². The number of benzene rings is 1. The number of carbonyl (C=O) groups excluding carboxylic acids is 1. The molecule has 0 aromatic heterocycles. The van der Waals surface area contributed by atoms with Crippen LogP contribution < -0.4 is 0 Å². The second-order valence-electron chi connectivity index (χ2n) is 9.80. The highest BCUT2D eigenvalue weighted by atomic mass is 16.7. The highest BCUT2D eigenvalue weighted by molar-refractivity contribution is 5.97. The maximum atomic E-state index is 12.3. The Hall–Kier alpha value is -2.04. The van der Waals surface area contributed by atoms with E-state index in [4.69, 9.17) is 9.57 Å². The van der Waals surface area contributed by atoms with E-state index in [1.54, 1.807) is 0 Å². The van der Waals surface area contributed by atoms with Crippen molar-refractivity contribution in [3.05, 3.63) is 35.4 Å². The van der Waals surface area contributed by atoms with Crippen molar-refractivity contribution in [2.45, 2.75) is 58.7 Å². The van der Waals surface area contributed by atoms with Crippen LogP contribution in [-0.2, 0) is 9.57 Å². The van der Waals surface area contributed by atoms with Gasteiger partial charge in [-0.2, -0.15) is 0 Å². The summed E-state index contributed by atoms with van der Waals surface area (Å²) in [5.74, 6) is 1.53. The molecule has 2 heterocycles. The Morgan fingerprint density at radius 1 is 1.26 bits per heavy atom. The number of likely N-dealkylation sites (tertiary alicyclic amines) is 1. The monoisotopic (exact) mass is 370 g/mol. The minimum absolute atomic E-state index is 0.169. The largest absolute Gasteiger partial charge is 0.444 e. The lowest BCUT2D eigenvalue weighted by Gasteiger charge is -2.28. The molecule has 0 spiro atoms. The summed E-state index contributed by atoms with van der Waals surface area (Å²) >= 11 is 0. The number of carbonyl (C=O) groups is 1. The molecule has 1 amide bonds. The first-order valence-electron chi connectivity index (χ1n) is 9.87. The van der Waals surface area contributed by atoms with Crippen molar-refractivity contribution in [1.29, 1.82) is 0 Å². The summed E-state index contributed by atoms with van der Waals surface area (Å²) in [6.07, 6.45) is -0.200. The molecule has 1 aromatic rings. The molecule has 27 heavy (non-hydrogen) atoms. The molecule has 2 aliphatic heterocycles. The zero-order valence-corrected chi connectivity index (χ0v) is 17.2. The van der Waals surface area contributed by atoms with Gasteiger partial charge in [0.15, 0.2) is 0 Å². The molecule has 4 rings (SSSR count). The maximum Gasteiger partial charge on any atom is 0.410 e. The number of piperidine rings is 1. The third-order valence-corrected chi connectivity index (χ3v) is 5.94. The fraction of sp³-hybridized carbons (Fsp3) is 0.636. The number of nitrogens with zero attached hydrogens (tertiary/aromatic N) is 2. The lowest BCUT2D eigenvalue weighted by Crippen LogP contribution is -2.38. The van der Waals surface area contributed by atoms with E-state index in [0.717, 1.165) is 18.8 Å². The number of oxime groups is 1. The predicted octanol–water partition coefficient (Wildman–Crippen LogP) is 4.36. The van der Waals surface area contributed by atoms with Crippen LogP contribution in [0.5, 0.6) is 0 Å². The second kappa shape index (κ2) is 5.98. The first-order valence-corrected chi connectivity index (χ1v) is 9.87. The lowest BCUT2D eigenvalue weighted by atomic mass is 9.79. The summed E-state index contributed by atoms with van der Waals surface area (Å²) in [4.78, 5) is 20.0. The molecular formula is C22H30N2O3. The predicted molar refractivity (Wildman–Crippen MR) is 105 cm³/mol. The molecule has 5 nitrogen and oxygen atoms in total. The number of ether oxygens (including phenoxy) is 1. The molecule has 0 N–H and O–H groups in total. The van der Waals surface area contributed by atoms with Crippen molar-refractivity contribution in [1.82, 2.24) is 4.90 Å². The topological polar surface area (TPSA) is 51.1 Å². The van der Waals surface area contributed by atoms with Gasteiger partial charge >= 0.3 is 6.09 Å².